The van der Waals surface area contributed by atoms with Gasteiger partial charge in [0.25, 0.3) is 0 Å². The Balaban J connectivity index is 1.90. The fourth-order valence-corrected chi connectivity index (χ4v) is 1.78. The second-order valence-electron chi connectivity index (χ2n) is 4.73. The first-order chi connectivity index (χ1) is 8.66. The van der Waals surface area contributed by atoms with Gasteiger partial charge in [-0.2, -0.15) is 0 Å². The summed E-state index contributed by atoms with van der Waals surface area (Å²) in [6.07, 6.45) is 1.33. The zero-order valence-electron chi connectivity index (χ0n) is 10.8. The Labute approximate surface area is 107 Å². The van der Waals surface area contributed by atoms with E-state index in [2.05, 4.69) is 10.3 Å². The van der Waals surface area contributed by atoms with E-state index in [1.165, 1.54) is 0 Å². The van der Waals surface area contributed by atoms with Crippen LogP contribution >= 0.6 is 0 Å². The smallest absolute Gasteiger partial charge is 0.144 e. The lowest BCUT2D eigenvalue weighted by atomic mass is 10.2. The van der Waals surface area contributed by atoms with Gasteiger partial charge in [0.2, 0.25) is 0 Å². The maximum Gasteiger partial charge on any atom is 0.144 e. The van der Waals surface area contributed by atoms with Crippen LogP contribution in [0.15, 0.2) is 30.5 Å². The third-order valence-corrected chi connectivity index (χ3v) is 2.74. The minimum Gasteiger partial charge on any atom is -0.489 e. The molecule has 2 rings (SSSR count). The van der Waals surface area contributed by atoms with Crippen molar-refractivity contribution in [3.63, 3.8) is 0 Å². The predicted octanol–water partition coefficient (Wildman–Crippen LogP) is 1.91. The lowest BCUT2D eigenvalue weighted by Crippen LogP contribution is -2.35. The summed E-state index contributed by atoms with van der Waals surface area (Å²) >= 11 is 0. The third-order valence-electron chi connectivity index (χ3n) is 2.74. The Morgan fingerprint density at radius 1 is 1.33 bits per heavy atom. The van der Waals surface area contributed by atoms with Crippen molar-refractivity contribution in [1.29, 1.82) is 0 Å². The molecule has 0 amide bonds. The number of fused-ring (bicyclic) bond motifs is 1. The topological polar surface area (TPSA) is 57.3 Å². The number of hydrogen-bond donors (Lipinski definition) is 3. The molecule has 0 unspecified atom stereocenters. The van der Waals surface area contributed by atoms with Crippen LogP contribution in [-0.2, 0) is 0 Å². The van der Waals surface area contributed by atoms with Crippen molar-refractivity contribution in [1.82, 2.24) is 10.3 Å². The molecule has 4 nitrogen and oxygen atoms in total. The molecule has 1 heterocycles. The summed E-state index contributed by atoms with van der Waals surface area (Å²) in [5.41, 5.74) is 1.04. The van der Waals surface area contributed by atoms with Gasteiger partial charge in [-0.1, -0.05) is 26.0 Å². The van der Waals surface area contributed by atoms with Crippen molar-refractivity contribution in [3.05, 3.63) is 30.5 Å². The van der Waals surface area contributed by atoms with Gasteiger partial charge in [-0.15, -0.1) is 0 Å². The predicted molar refractivity (Wildman–Crippen MR) is 72.9 cm³/mol. The van der Waals surface area contributed by atoms with Crippen LogP contribution in [0.25, 0.3) is 10.9 Å². The van der Waals surface area contributed by atoms with Gasteiger partial charge >= 0.3 is 0 Å². The van der Waals surface area contributed by atoms with Gasteiger partial charge in [-0.25, -0.2) is 0 Å². The number of aliphatic hydroxyl groups excluding tert-OH is 1. The lowest BCUT2D eigenvalue weighted by Gasteiger charge is -2.14. The van der Waals surface area contributed by atoms with E-state index in [4.69, 9.17) is 4.74 Å². The first-order valence-corrected chi connectivity index (χ1v) is 6.27. The number of aromatic nitrogens is 1. The minimum absolute atomic E-state index is 0.293. The molecule has 4 heteroatoms. The Morgan fingerprint density at radius 2 is 2.11 bits per heavy atom. The van der Waals surface area contributed by atoms with Crippen molar-refractivity contribution >= 4 is 10.9 Å². The van der Waals surface area contributed by atoms with Crippen LogP contribution in [0.2, 0.25) is 0 Å². The van der Waals surface area contributed by atoms with Crippen LogP contribution < -0.4 is 10.1 Å². The normalized spacial score (nSPS) is 13.1. The van der Waals surface area contributed by atoms with Gasteiger partial charge in [0.1, 0.15) is 18.5 Å². The van der Waals surface area contributed by atoms with Crippen molar-refractivity contribution < 1.29 is 9.84 Å². The number of benzene rings is 1. The number of para-hydroxylation sites is 1. The van der Waals surface area contributed by atoms with Gasteiger partial charge in [0.15, 0.2) is 0 Å². The molecule has 1 atom stereocenters. The largest absolute Gasteiger partial charge is 0.489 e. The number of aliphatic hydroxyl groups is 1. The van der Waals surface area contributed by atoms with Gasteiger partial charge < -0.3 is 20.1 Å². The van der Waals surface area contributed by atoms with Gasteiger partial charge in [-0.05, 0) is 12.1 Å². The van der Waals surface area contributed by atoms with E-state index in [1.54, 1.807) is 0 Å². The molecule has 0 saturated heterocycles. The van der Waals surface area contributed by atoms with E-state index >= 15 is 0 Å². The number of H-pyrrole nitrogens is 1. The molecule has 3 N–H and O–H groups in total. The number of aromatic amines is 1. The van der Waals surface area contributed by atoms with Crippen LogP contribution in [0.4, 0.5) is 0 Å². The average molecular weight is 248 g/mol. The first kappa shape index (κ1) is 12.9. The standard InChI is InChI=1S/C14H20N2O2/c1-10(2)15-7-11(17)9-18-14-8-16-13-6-4-3-5-12(13)14/h3-6,8,10-11,15-17H,7,9H2,1-2H3/t11-/m1/s1. The van der Waals surface area contributed by atoms with E-state index in [-0.39, 0.29) is 0 Å². The van der Waals surface area contributed by atoms with Crippen LogP contribution in [0, 0.1) is 0 Å². The molecule has 98 valence electrons. The molecule has 0 fully saturated rings. The third kappa shape index (κ3) is 3.24. The molecule has 2 aromatic rings. The highest BCUT2D eigenvalue weighted by Crippen LogP contribution is 2.24. The van der Waals surface area contributed by atoms with Crippen LogP contribution in [-0.4, -0.2) is 35.4 Å². The lowest BCUT2D eigenvalue weighted by molar-refractivity contribution is 0.105. The zero-order chi connectivity index (χ0) is 13.0. The second-order valence-corrected chi connectivity index (χ2v) is 4.73. The molecule has 1 aromatic heterocycles. The zero-order valence-corrected chi connectivity index (χ0v) is 10.8. The van der Waals surface area contributed by atoms with E-state index in [0.29, 0.717) is 19.2 Å². The Hall–Kier alpha value is -1.52. The highest BCUT2D eigenvalue weighted by atomic mass is 16.5. The molecule has 18 heavy (non-hydrogen) atoms. The summed E-state index contributed by atoms with van der Waals surface area (Å²) in [6.45, 7) is 4.93. The molecule has 0 aliphatic rings. The molecule has 0 aliphatic heterocycles. The van der Waals surface area contributed by atoms with E-state index in [9.17, 15) is 5.11 Å². The summed E-state index contributed by atoms with van der Waals surface area (Å²) in [4.78, 5) is 3.14. The molecule has 0 bridgehead atoms. The highest BCUT2D eigenvalue weighted by molar-refractivity contribution is 5.85. The molecular formula is C14H20N2O2. The molecule has 0 spiro atoms. The molecular weight excluding hydrogens is 228 g/mol. The van der Waals surface area contributed by atoms with E-state index in [1.807, 2.05) is 44.3 Å². The fourth-order valence-electron chi connectivity index (χ4n) is 1.78. The quantitative estimate of drug-likeness (QED) is 0.732. The molecule has 0 saturated carbocycles. The van der Waals surface area contributed by atoms with Gasteiger partial charge in [0, 0.05) is 29.7 Å². The van der Waals surface area contributed by atoms with Crippen LogP contribution in [0.3, 0.4) is 0 Å². The van der Waals surface area contributed by atoms with Crippen molar-refractivity contribution in [2.45, 2.75) is 26.0 Å². The van der Waals surface area contributed by atoms with Crippen molar-refractivity contribution in [2.75, 3.05) is 13.2 Å². The summed E-state index contributed by atoms with van der Waals surface area (Å²) in [5.74, 6) is 0.786. The van der Waals surface area contributed by atoms with Crippen LogP contribution in [0.1, 0.15) is 13.8 Å². The van der Waals surface area contributed by atoms with E-state index < -0.39 is 6.10 Å². The maximum atomic E-state index is 9.77. The maximum absolute atomic E-state index is 9.77. The minimum atomic E-state index is -0.499. The summed E-state index contributed by atoms with van der Waals surface area (Å²) in [5, 5.41) is 14.0. The summed E-state index contributed by atoms with van der Waals surface area (Å²) in [7, 11) is 0. The molecule has 1 aromatic carbocycles. The Morgan fingerprint density at radius 3 is 2.89 bits per heavy atom. The van der Waals surface area contributed by atoms with Gasteiger partial charge in [-0.3, -0.25) is 0 Å². The summed E-state index contributed by atoms with van der Waals surface area (Å²) in [6, 6.07) is 8.32. The Kier molecular flexibility index (Phi) is 4.23. The van der Waals surface area contributed by atoms with Crippen molar-refractivity contribution in [2.24, 2.45) is 0 Å². The SMILES string of the molecule is CC(C)NC[C@@H](O)COc1c[nH]c2ccccc12. The number of hydrogen-bond acceptors (Lipinski definition) is 3. The Bertz CT molecular complexity index is 493. The first-order valence-electron chi connectivity index (χ1n) is 6.27. The number of ether oxygens (including phenoxy) is 1. The van der Waals surface area contributed by atoms with E-state index in [0.717, 1.165) is 16.7 Å². The van der Waals surface area contributed by atoms with Gasteiger partial charge in [0.05, 0.1) is 0 Å². The number of rotatable bonds is 6. The average Bonchev–Trinajstić information content (AvgIpc) is 2.77. The highest BCUT2D eigenvalue weighted by Gasteiger charge is 2.08. The summed E-state index contributed by atoms with van der Waals surface area (Å²) < 4.78 is 5.63. The van der Waals surface area contributed by atoms with Crippen LogP contribution in [0.5, 0.6) is 5.75 Å². The fraction of sp³-hybridized carbons (Fsp3) is 0.429. The van der Waals surface area contributed by atoms with Crippen molar-refractivity contribution in [3.8, 4) is 5.75 Å². The molecule has 0 aliphatic carbocycles. The number of nitrogens with one attached hydrogen (secondary N) is 2. The monoisotopic (exact) mass is 248 g/mol. The molecule has 0 radical (unpaired) electrons. The second kappa shape index (κ2) is 5.89.